The van der Waals surface area contributed by atoms with Gasteiger partial charge in [0.25, 0.3) is 5.91 Å². The Hall–Kier alpha value is -2.62. The van der Waals surface area contributed by atoms with Gasteiger partial charge in [-0.1, -0.05) is 0 Å². The Balaban J connectivity index is 1.89. The van der Waals surface area contributed by atoms with Gasteiger partial charge in [-0.3, -0.25) is 14.2 Å². The second-order valence-corrected chi connectivity index (χ2v) is 6.94. The fraction of sp³-hybridized carbons (Fsp3) is 0.500. The summed E-state index contributed by atoms with van der Waals surface area (Å²) in [7, 11) is 1.70. The monoisotopic (exact) mass is 312 g/mol. The molecule has 0 radical (unpaired) electrons. The first kappa shape index (κ1) is 15.3. The molecular weight excluding hydrogens is 292 g/mol. The molecule has 0 spiro atoms. The quantitative estimate of drug-likeness (QED) is 0.942. The molecule has 120 valence electrons. The Morgan fingerprint density at radius 2 is 2.09 bits per heavy atom. The zero-order valence-electron chi connectivity index (χ0n) is 13.8. The summed E-state index contributed by atoms with van der Waals surface area (Å²) in [4.78, 5) is 12.5. The summed E-state index contributed by atoms with van der Waals surface area (Å²) in [5.74, 6) is 0.413. The molecule has 23 heavy (non-hydrogen) atoms. The predicted molar refractivity (Wildman–Crippen MR) is 85.1 cm³/mol. The Morgan fingerprint density at radius 3 is 2.65 bits per heavy atom. The van der Waals surface area contributed by atoms with Crippen molar-refractivity contribution in [2.75, 3.05) is 5.32 Å². The zero-order chi connectivity index (χ0) is 16.8. The van der Waals surface area contributed by atoms with Crippen LogP contribution in [0.3, 0.4) is 0 Å². The van der Waals surface area contributed by atoms with Gasteiger partial charge in [-0.25, -0.2) is 0 Å². The third-order valence-corrected chi connectivity index (χ3v) is 3.78. The van der Waals surface area contributed by atoms with Crippen molar-refractivity contribution in [3.63, 3.8) is 0 Å². The number of hydrogen-bond donors (Lipinski definition) is 1. The minimum absolute atomic E-state index is 0.181. The lowest BCUT2D eigenvalue weighted by Crippen LogP contribution is -2.26. The SMILES string of the molecule is Cn1cc(C#N)c(NC(=O)c2cc(C3CC3)n(C(C)(C)C)n2)n1. The highest BCUT2D eigenvalue weighted by molar-refractivity contribution is 6.03. The number of amides is 1. The van der Waals surface area contributed by atoms with Crippen LogP contribution in [0, 0.1) is 11.3 Å². The Kier molecular flexibility index (Phi) is 3.48. The summed E-state index contributed by atoms with van der Waals surface area (Å²) in [6.45, 7) is 6.21. The molecule has 0 unspecified atom stereocenters. The van der Waals surface area contributed by atoms with Crippen molar-refractivity contribution in [1.82, 2.24) is 19.6 Å². The summed E-state index contributed by atoms with van der Waals surface area (Å²) in [6, 6.07) is 3.87. The van der Waals surface area contributed by atoms with Gasteiger partial charge >= 0.3 is 0 Å². The van der Waals surface area contributed by atoms with Gasteiger partial charge in [0.05, 0.1) is 5.54 Å². The van der Waals surface area contributed by atoms with E-state index in [4.69, 9.17) is 5.26 Å². The molecule has 1 fully saturated rings. The number of nitriles is 1. The fourth-order valence-electron chi connectivity index (χ4n) is 2.55. The van der Waals surface area contributed by atoms with Gasteiger partial charge in [0, 0.05) is 24.9 Å². The highest BCUT2D eigenvalue weighted by Crippen LogP contribution is 2.41. The largest absolute Gasteiger partial charge is 0.303 e. The molecule has 0 bridgehead atoms. The van der Waals surface area contributed by atoms with Crippen LogP contribution in [0.1, 0.15) is 61.3 Å². The van der Waals surface area contributed by atoms with Crippen molar-refractivity contribution >= 4 is 11.7 Å². The van der Waals surface area contributed by atoms with Gasteiger partial charge in [0.1, 0.15) is 11.6 Å². The van der Waals surface area contributed by atoms with Crippen molar-refractivity contribution in [1.29, 1.82) is 5.26 Å². The second kappa shape index (κ2) is 5.23. The number of rotatable bonds is 3. The summed E-state index contributed by atoms with van der Waals surface area (Å²) >= 11 is 0. The van der Waals surface area contributed by atoms with Crippen molar-refractivity contribution in [3.05, 3.63) is 29.2 Å². The normalized spacial score (nSPS) is 14.6. The summed E-state index contributed by atoms with van der Waals surface area (Å²) < 4.78 is 3.43. The molecule has 7 heteroatoms. The number of nitrogens with zero attached hydrogens (tertiary/aromatic N) is 5. The maximum absolute atomic E-state index is 12.5. The lowest BCUT2D eigenvalue weighted by atomic mass is 10.1. The van der Waals surface area contributed by atoms with E-state index in [2.05, 4.69) is 36.3 Å². The van der Waals surface area contributed by atoms with Crippen LogP contribution < -0.4 is 5.32 Å². The fourth-order valence-corrected chi connectivity index (χ4v) is 2.55. The van der Waals surface area contributed by atoms with E-state index < -0.39 is 0 Å². The Labute approximate surface area is 134 Å². The third kappa shape index (κ3) is 2.97. The Bertz CT molecular complexity index is 798. The molecule has 0 saturated heterocycles. The molecule has 0 aliphatic heterocycles. The topological polar surface area (TPSA) is 88.5 Å². The predicted octanol–water partition coefficient (Wildman–Crippen LogP) is 2.37. The van der Waals surface area contributed by atoms with Crippen LogP contribution in [0.15, 0.2) is 12.3 Å². The molecule has 1 saturated carbocycles. The number of hydrogen-bond acceptors (Lipinski definition) is 4. The van der Waals surface area contributed by atoms with Crippen LogP contribution in [0.2, 0.25) is 0 Å². The number of aromatic nitrogens is 4. The Morgan fingerprint density at radius 1 is 1.39 bits per heavy atom. The minimum Gasteiger partial charge on any atom is -0.303 e. The molecule has 1 amide bonds. The number of nitrogens with one attached hydrogen (secondary N) is 1. The summed E-state index contributed by atoms with van der Waals surface area (Å²) in [5, 5.41) is 20.3. The molecule has 2 heterocycles. The van der Waals surface area contributed by atoms with Crippen LogP contribution >= 0.6 is 0 Å². The first-order valence-corrected chi connectivity index (χ1v) is 7.65. The van der Waals surface area contributed by atoms with E-state index in [1.807, 2.05) is 16.8 Å². The van der Waals surface area contributed by atoms with Gasteiger partial charge in [-0.15, -0.1) is 0 Å². The molecule has 1 N–H and O–H groups in total. The van der Waals surface area contributed by atoms with Gasteiger partial charge in [0.2, 0.25) is 0 Å². The van der Waals surface area contributed by atoms with Gasteiger partial charge < -0.3 is 5.32 Å². The molecule has 2 aromatic rings. The number of anilines is 1. The third-order valence-electron chi connectivity index (χ3n) is 3.78. The standard InChI is InChI=1S/C16H20N6O/c1-16(2,3)22-13(10-5-6-10)7-12(19-22)15(23)18-14-11(8-17)9-21(4)20-14/h7,9-10H,5-6H2,1-4H3,(H,18,20,23). The second-order valence-electron chi connectivity index (χ2n) is 6.94. The molecule has 1 aliphatic carbocycles. The highest BCUT2D eigenvalue weighted by atomic mass is 16.2. The first-order valence-electron chi connectivity index (χ1n) is 7.65. The van der Waals surface area contributed by atoms with Crippen LogP contribution in [0.25, 0.3) is 0 Å². The van der Waals surface area contributed by atoms with E-state index in [1.165, 1.54) is 4.68 Å². The van der Waals surface area contributed by atoms with Crippen LogP contribution in [0.5, 0.6) is 0 Å². The van der Waals surface area contributed by atoms with Gasteiger partial charge in [-0.2, -0.15) is 15.5 Å². The van der Waals surface area contributed by atoms with E-state index in [1.54, 1.807) is 13.2 Å². The van der Waals surface area contributed by atoms with Crippen molar-refractivity contribution in [2.24, 2.45) is 7.05 Å². The average molecular weight is 312 g/mol. The average Bonchev–Trinajstić information content (AvgIpc) is 3.09. The molecule has 1 aliphatic rings. The van der Waals surface area contributed by atoms with Gasteiger partial charge in [-0.05, 0) is 39.7 Å². The van der Waals surface area contributed by atoms with Crippen LogP contribution in [0.4, 0.5) is 5.82 Å². The van der Waals surface area contributed by atoms with E-state index in [0.717, 1.165) is 18.5 Å². The molecular formula is C16H20N6O. The summed E-state index contributed by atoms with van der Waals surface area (Å²) in [5.41, 5.74) is 1.61. The molecule has 0 atom stereocenters. The van der Waals surface area contributed by atoms with Gasteiger partial charge in [0.15, 0.2) is 11.5 Å². The molecule has 0 aromatic carbocycles. The first-order chi connectivity index (χ1) is 10.8. The minimum atomic E-state index is -0.342. The lowest BCUT2D eigenvalue weighted by molar-refractivity contribution is 0.102. The maximum atomic E-state index is 12.5. The summed E-state index contributed by atoms with van der Waals surface area (Å²) in [6.07, 6.45) is 3.85. The van der Waals surface area contributed by atoms with Crippen molar-refractivity contribution in [2.45, 2.75) is 45.1 Å². The zero-order valence-corrected chi connectivity index (χ0v) is 13.8. The van der Waals surface area contributed by atoms with Crippen LogP contribution in [-0.2, 0) is 12.6 Å². The molecule has 7 nitrogen and oxygen atoms in total. The molecule has 3 rings (SSSR count). The number of aryl methyl sites for hydroxylation is 1. The van der Waals surface area contributed by atoms with E-state index in [0.29, 0.717) is 17.2 Å². The van der Waals surface area contributed by atoms with E-state index in [9.17, 15) is 4.79 Å². The van der Waals surface area contributed by atoms with E-state index >= 15 is 0 Å². The lowest BCUT2D eigenvalue weighted by Gasteiger charge is -2.22. The number of carbonyl (C=O) groups is 1. The maximum Gasteiger partial charge on any atom is 0.277 e. The highest BCUT2D eigenvalue weighted by Gasteiger charge is 2.32. The van der Waals surface area contributed by atoms with Crippen molar-refractivity contribution < 1.29 is 4.79 Å². The smallest absolute Gasteiger partial charge is 0.277 e. The van der Waals surface area contributed by atoms with E-state index in [-0.39, 0.29) is 17.3 Å². The van der Waals surface area contributed by atoms with Crippen LogP contribution in [-0.4, -0.2) is 25.5 Å². The molecule has 2 aromatic heterocycles. The number of carbonyl (C=O) groups excluding carboxylic acids is 1. The van der Waals surface area contributed by atoms with Crippen molar-refractivity contribution in [3.8, 4) is 6.07 Å².